The molecule has 2 heterocycles. The van der Waals surface area contributed by atoms with Crippen molar-refractivity contribution in [3.05, 3.63) is 35.8 Å². The minimum absolute atomic E-state index is 0.0309. The van der Waals surface area contributed by atoms with Crippen molar-refractivity contribution < 1.29 is 32.7 Å². The van der Waals surface area contributed by atoms with Crippen molar-refractivity contribution in [2.24, 2.45) is 0 Å². The summed E-state index contributed by atoms with van der Waals surface area (Å²) in [6, 6.07) is 4.99. The predicted octanol–water partition coefficient (Wildman–Crippen LogP) is 6.93. The molecule has 9 nitrogen and oxygen atoms in total. The van der Waals surface area contributed by atoms with Crippen LogP contribution in [0.15, 0.2) is 24.4 Å². The Morgan fingerprint density at radius 1 is 1.16 bits per heavy atom. The summed E-state index contributed by atoms with van der Waals surface area (Å²) in [5.41, 5.74) is 0.575. The number of carbonyl (C=O) groups is 2. The lowest BCUT2D eigenvalue weighted by atomic mass is 9.92. The Hall–Kier alpha value is -2.76. The number of pyridine rings is 1. The van der Waals surface area contributed by atoms with E-state index in [1.165, 1.54) is 11.3 Å². The van der Waals surface area contributed by atoms with E-state index in [0.717, 1.165) is 0 Å². The maximum Gasteiger partial charge on any atom is 0.407 e. The lowest BCUT2D eigenvalue weighted by Gasteiger charge is -2.41. The summed E-state index contributed by atoms with van der Waals surface area (Å²) in [6.07, 6.45) is 2.06. The van der Waals surface area contributed by atoms with Gasteiger partial charge in [-0.05, 0) is 95.3 Å². The summed E-state index contributed by atoms with van der Waals surface area (Å²) < 4.78 is 38.6. The highest BCUT2D eigenvalue weighted by Crippen LogP contribution is 2.37. The van der Waals surface area contributed by atoms with Gasteiger partial charge < -0.3 is 24.1 Å². The highest BCUT2D eigenvalue weighted by molar-refractivity contribution is 6.74. The number of aromatic nitrogens is 1. The Kier molecular flexibility index (Phi) is 11.2. The molecule has 1 aliphatic heterocycles. The predicted molar refractivity (Wildman–Crippen MR) is 168 cm³/mol. The zero-order valence-corrected chi connectivity index (χ0v) is 28.5. The largest absolute Gasteiger partial charge is 0.497 e. The molecule has 3 rings (SSSR count). The second-order valence-electron chi connectivity index (χ2n) is 13.8. The first-order chi connectivity index (χ1) is 19.9. The van der Waals surface area contributed by atoms with E-state index in [4.69, 9.17) is 18.7 Å². The van der Waals surface area contributed by atoms with Crippen LogP contribution in [0.2, 0.25) is 18.1 Å². The highest BCUT2D eigenvalue weighted by Gasteiger charge is 2.42. The van der Waals surface area contributed by atoms with Crippen LogP contribution < -0.4 is 10.1 Å². The molecule has 0 bridgehead atoms. The van der Waals surface area contributed by atoms with Gasteiger partial charge in [0.2, 0.25) is 14.2 Å². The zero-order valence-electron chi connectivity index (χ0n) is 27.5. The number of nitrogens with one attached hydrogen (secondary N) is 1. The fourth-order valence-electron chi connectivity index (χ4n) is 4.85. The number of hydroxylamine groups is 2. The number of rotatable bonds is 10. The number of carbonyl (C=O) groups excluding carboxylic acids is 2. The third kappa shape index (κ3) is 9.36. The van der Waals surface area contributed by atoms with Gasteiger partial charge in [-0.15, -0.1) is 0 Å². The van der Waals surface area contributed by atoms with Crippen LogP contribution in [0.3, 0.4) is 0 Å². The molecule has 0 aliphatic carbocycles. The lowest BCUT2D eigenvalue weighted by molar-refractivity contribution is -0.166. The van der Waals surface area contributed by atoms with E-state index in [1.807, 2.05) is 13.0 Å². The second-order valence-corrected chi connectivity index (χ2v) is 18.5. The lowest BCUT2D eigenvalue weighted by Crippen LogP contribution is -2.53. The van der Waals surface area contributed by atoms with Crippen molar-refractivity contribution in [1.29, 1.82) is 0 Å². The monoisotopic (exact) mass is 619 g/mol. The van der Waals surface area contributed by atoms with Crippen LogP contribution in [0.25, 0.3) is 10.9 Å². The van der Waals surface area contributed by atoms with Crippen molar-refractivity contribution >= 4 is 31.2 Å². The smallest absolute Gasteiger partial charge is 0.407 e. The van der Waals surface area contributed by atoms with E-state index in [9.17, 15) is 14.0 Å². The summed E-state index contributed by atoms with van der Waals surface area (Å²) in [5.74, 6) is 0.0476. The molecule has 1 aliphatic rings. The normalized spacial score (nSPS) is 19.7. The number of fused-ring (bicyclic) bond motifs is 1. The van der Waals surface area contributed by atoms with Crippen LogP contribution in [-0.2, 0) is 25.2 Å². The fourth-order valence-corrected chi connectivity index (χ4v) is 5.91. The van der Waals surface area contributed by atoms with Gasteiger partial charge in [-0.25, -0.2) is 14.2 Å². The van der Waals surface area contributed by atoms with Gasteiger partial charge in [-0.2, -0.15) is 0 Å². The van der Waals surface area contributed by atoms with Crippen LogP contribution >= 0.6 is 0 Å². The maximum absolute atomic E-state index is 15.0. The number of hydrogen-bond acceptors (Lipinski definition) is 7. The minimum Gasteiger partial charge on any atom is -0.497 e. The quantitative estimate of drug-likeness (QED) is 0.227. The Morgan fingerprint density at radius 2 is 1.86 bits per heavy atom. The number of ether oxygens (including phenoxy) is 3. The average molecular weight is 620 g/mol. The van der Waals surface area contributed by atoms with Crippen molar-refractivity contribution in [3.63, 3.8) is 0 Å². The number of aryl methyl sites for hydroxylation is 1. The van der Waals surface area contributed by atoms with Gasteiger partial charge in [0.05, 0.1) is 43.5 Å². The number of alkyl carbamates (subject to hydrolysis) is 1. The van der Waals surface area contributed by atoms with Gasteiger partial charge in [-0.1, -0.05) is 20.8 Å². The summed E-state index contributed by atoms with van der Waals surface area (Å²) in [6.45, 7) is 18.2. The Bertz CT molecular complexity index is 1280. The molecule has 3 atom stereocenters. The maximum atomic E-state index is 15.0. The molecule has 1 aromatic carbocycles. The van der Waals surface area contributed by atoms with Gasteiger partial charge in [-0.3, -0.25) is 9.78 Å². The number of methoxy groups -OCH3 is 1. The first kappa shape index (κ1) is 34.7. The van der Waals surface area contributed by atoms with Crippen LogP contribution in [-0.4, -0.2) is 67.9 Å². The van der Waals surface area contributed by atoms with Crippen LogP contribution in [0.1, 0.15) is 79.7 Å². The molecule has 11 heteroatoms. The Labute approximate surface area is 256 Å². The van der Waals surface area contributed by atoms with Gasteiger partial charge in [0.1, 0.15) is 17.2 Å². The van der Waals surface area contributed by atoms with Crippen LogP contribution in [0.5, 0.6) is 5.75 Å². The van der Waals surface area contributed by atoms with E-state index in [0.29, 0.717) is 54.4 Å². The third-order valence-corrected chi connectivity index (χ3v) is 12.5. The topological polar surface area (TPSA) is 99.2 Å². The first-order valence-electron chi connectivity index (χ1n) is 15.2. The number of benzene rings is 1. The van der Waals surface area contributed by atoms with E-state index in [1.54, 1.807) is 40.0 Å². The summed E-state index contributed by atoms with van der Waals surface area (Å²) >= 11 is 0. The molecule has 0 radical (unpaired) electrons. The van der Waals surface area contributed by atoms with Crippen LogP contribution in [0.4, 0.5) is 9.18 Å². The molecule has 1 aromatic heterocycles. The molecule has 0 unspecified atom stereocenters. The van der Waals surface area contributed by atoms with Crippen molar-refractivity contribution in [2.75, 3.05) is 13.7 Å². The molecular formula is C32H50FN3O6Si. The standard InChI is InChI=1S/C32H50FN3O6Si/c1-11-36(42-43(9,10)32(5,6)7)29(37)19-28-27(35-30(38)41-31(2,3)4)17-13-21(40-28)12-15-23-24-18-22(39-8)14-16-26(24)34-20-25(23)33/h14,16,18,20-21,27-28H,11-13,15,17,19H2,1-10H3,(H,35,38)/t21-,27-,28-/m1/s1. The van der Waals surface area contributed by atoms with E-state index in [2.05, 4.69) is 44.2 Å². The van der Waals surface area contributed by atoms with Gasteiger partial charge in [0.15, 0.2) is 0 Å². The van der Waals surface area contributed by atoms with Crippen molar-refractivity contribution in [3.8, 4) is 5.75 Å². The van der Waals surface area contributed by atoms with E-state index in [-0.39, 0.29) is 29.3 Å². The Balaban J connectivity index is 1.79. The minimum atomic E-state index is -2.26. The van der Waals surface area contributed by atoms with E-state index >= 15 is 0 Å². The highest BCUT2D eigenvalue weighted by atomic mass is 28.4. The molecule has 1 saturated heterocycles. The third-order valence-electron chi connectivity index (χ3n) is 8.25. The number of amides is 2. The van der Waals surface area contributed by atoms with Gasteiger partial charge >= 0.3 is 6.09 Å². The molecule has 240 valence electrons. The number of nitrogens with zero attached hydrogens (tertiary/aromatic N) is 2. The second kappa shape index (κ2) is 13.9. The number of halogens is 1. The SMILES string of the molecule is CCN(O[Si](C)(C)C(C)(C)C)C(=O)C[C@H]1O[C@H](CCc2c(F)cnc3ccc(OC)cc23)CC[C@H]1NC(=O)OC(C)(C)C. The summed E-state index contributed by atoms with van der Waals surface area (Å²) in [4.78, 5) is 30.5. The summed E-state index contributed by atoms with van der Waals surface area (Å²) in [7, 11) is -0.688. The molecule has 1 fully saturated rings. The molecule has 0 spiro atoms. The van der Waals surface area contributed by atoms with E-state index < -0.39 is 32.2 Å². The molecule has 1 N–H and O–H groups in total. The Morgan fingerprint density at radius 3 is 2.47 bits per heavy atom. The molecule has 0 saturated carbocycles. The van der Waals surface area contributed by atoms with Crippen molar-refractivity contribution in [1.82, 2.24) is 15.4 Å². The molecule has 43 heavy (non-hydrogen) atoms. The molecular weight excluding hydrogens is 569 g/mol. The van der Waals surface area contributed by atoms with Gasteiger partial charge in [0.25, 0.3) is 0 Å². The number of hydrogen-bond donors (Lipinski definition) is 1. The zero-order chi connectivity index (χ0) is 32.2. The van der Waals surface area contributed by atoms with Crippen molar-refractivity contribution in [2.45, 2.75) is 123 Å². The summed E-state index contributed by atoms with van der Waals surface area (Å²) in [5, 5.41) is 5.00. The average Bonchev–Trinajstić information content (AvgIpc) is 2.90. The fraction of sp³-hybridized carbons (Fsp3) is 0.656. The first-order valence-corrected chi connectivity index (χ1v) is 18.1. The van der Waals surface area contributed by atoms with Crippen LogP contribution in [0, 0.1) is 5.82 Å². The van der Waals surface area contributed by atoms with Gasteiger partial charge in [0, 0.05) is 11.9 Å². The molecule has 2 aromatic rings. The molecule has 2 amide bonds.